The number of nitrogens with zero attached hydrogens (tertiary/aromatic N) is 1. The molecule has 1 saturated carbocycles. The molecule has 12 heavy (non-hydrogen) atoms. The summed E-state index contributed by atoms with van der Waals surface area (Å²) in [6, 6.07) is 0. The van der Waals surface area contributed by atoms with Crippen molar-refractivity contribution in [1.29, 1.82) is 0 Å². The maximum absolute atomic E-state index is 4.53. The smallest absolute Gasteiger partial charge is 0.0391 e. The minimum absolute atomic E-state index is 0.539. The van der Waals surface area contributed by atoms with E-state index in [0.29, 0.717) is 5.41 Å². The van der Waals surface area contributed by atoms with Gasteiger partial charge in [-0.25, -0.2) is 0 Å². The summed E-state index contributed by atoms with van der Waals surface area (Å²) in [6.45, 7) is 9.29. The van der Waals surface area contributed by atoms with Crippen LogP contribution in [-0.2, 0) is 0 Å². The van der Waals surface area contributed by atoms with Crippen LogP contribution < -0.4 is 0 Å². The predicted octanol–water partition coefficient (Wildman–Crippen LogP) is 3.21. The topological polar surface area (TPSA) is 12.4 Å². The Hall–Kier alpha value is -0.590. The Morgan fingerprint density at radius 3 is 2.67 bits per heavy atom. The van der Waals surface area contributed by atoms with E-state index in [9.17, 15) is 0 Å². The predicted molar refractivity (Wildman–Crippen MR) is 54.7 cm³/mol. The fraction of sp³-hybridized carbons (Fsp3) is 0.727. The fourth-order valence-electron chi connectivity index (χ4n) is 1.64. The van der Waals surface area contributed by atoms with Crippen LogP contribution in [-0.4, -0.2) is 12.3 Å². The third kappa shape index (κ3) is 2.80. The van der Waals surface area contributed by atoms with E-state index in [1.807, 2.05) is 6.08 Å². The molecule has 0 spiro atoms. The second-order valence-electron chi connectivity index (χ2n) is 4.40. The molecule has 0 radical (unpaired) electrons. The number of allylic oxidation sites excluding steroid dienone is 1. The zero-order valence-corrected chi connectivity index (χ0v) is 8.27. The highest BCUT2D eigenvalue weighted by Crippen LogP contribution is 2.37. The van der Waals surface area contributed by atoms with Gasteiger partial charge in [-0.1, -0.05) is 19.9 Å². The molecule has 0 amide bonds. The second-order valence-corrected chi connectivity index (χ2v) is 4.40. The molecule has 1 fully saturated rings. The standard InChI is InChI=1S/C11H19N/c1-4-5-6-7-12-10-8-11(2,3)9-10/h4H,1,5-9H2,2-3H3. The van der Waals surface area contributed by atoms with Gasteiger partial charge in [0.1, 0.15) is 0 Å². The number of hydrogen-bond donors (Lipinski definition) is 0. The van der Waals surface area contributed by atoms with E-state index in [1.54, 1.807) is 0 Å². The van der Waals surface area contributed by atoms with Crippen LogP contribution in [0.5, 0.6) is 0 Å². The zero-order valence-electron chi connectivity index (χ0n) is 8.27. The molecule has 0 unspecified atom stereocenters. The Balaban J connectivity index is 2.11. The Bertz CT molecular complexity index is 179. The molecule has 0 heterocycles. The highest BCUT2D eigenvalue weighted by Gasteiger charge is 2.31. The summed E-state index contributed by atoms with van der Waals surface area (Å²) < 4.78 is 0. The molecule has 0 aromatic carbocycles. The lowest BCUT2D eigenvalue weighted by Gasteiger charge is -2.36. The molecule has 1 heteroatoms. The van der Waals surface area contributed by atoms with Crippen LogP contribution >= 0.6 is 0 Å². The lowest BCUT2D eigenvalue weighted by molar-refractivity contribution is 0.339. The largest absolute Gasteiger partial charge is 0.294 e. The van der Waals surface area contributed by atoms with Crippen molar-refractivity contribution in [2.45, 2.75) is 39.5 Å². The number of aliphatic imine (C=N–C) groups is 1. The van der Waals surface area contributed by atoms with Gasteiger partial charge in [0.25, 0.3) is 0 Å². The highest BCUT2D eigenvalue weighted by molar-refractivity contribution is 5.91. The zero-order chi connectivity index (χ0) is 9.03. The molecule has 0 aromatic heterocycles. The molecule has 1 nitrogen and oxygen atoms in total. The first kappa shape index (κ1) is 9.50. The molecule has 0 atom stereocenters. The van der Waals surface area contributed by atoms with Crippen LogP contribution in [0.25, 0.3) is 0 Å². The Morgan fingerprint density at radius 2 is 2.17 bits per heavy atom. The molecule has 0 saturated heterocycles. The van der Waals surface area contributed by atoms with E-state index in [-0.39, 0.29) is 0 Å². The van der Waals surface area contributed by atoms with Gasteiger partial charge >= 0.3 is 0 Å². The third-order valence-electron chi connectivity index (χ3n) is 2.27. The Kier molecular flexibility index (Phi) is 3.07. The van der Waals surface area contributed by atoms with Crippen LogP contribution in [0.3, 0.4) is 0 Å². The van der Waals surface area contributed by atoms with Gasteiger partial charge < -0.3 is 0 Å². The second kappa shape index (κ2) is 3.88. The fourth-order valence-corrected chi connectivity index (χ4v) is 1.64. The normalized spacial score (nSPS) is 20.0. The van der Waals surface area contributed by atoms with Crippen molar-refractivity contribution >= 4 is 5.71 Å². The number of unbranched alkanes of at least 4 members (excludes halogenated alkanes) is 1. The van der Waals surface area contributed by atoms with E-state index < -0.39 is 0 Å². The molecule has 1 rings (SSSR count). The first-order chi connectivity index (χ1) is 5.64. The van der Waals surface area contributed by atoms with Crippen LogP contribution in [0.2, 0.25) is 0 Å². The lowest BCUT2D eigenvalue weighted by Crippen LogP contribution is -2.31. The molecule has 0 bridgehead atoms. The molecule has 0 aromatic rings. The highest BCUT2D eigenvalue weighted by atomic mass is 14.8. The monoisotopic (exact) mass is 165 g/mol. The summed E-state index contributed by atoms with van der Waals surface area (Å²) in [5.41, 5.74) is 1.96. The van der Waals surface area contributed by atoms with Crippen molar-refractivity contribution in [3.8, 4) is 0 Å². The van der Waals surface area contributed by atoms with Crippen LogP contribution in [0, 0.1) is 5.41 Å². The van der Waals surface area contributed by atoms with Gasteiger partial charge in [0.2, 0.25) is 0 Å². The van der Waals surface area contributed by atoms with Crippen LogP contribution in [0.15, 0.2) is 17.6 Å². The van der Waals surface area contributed by atoms with Gasteiger partial charge in [0.05, 0.1) is 0 Å². The maximum Gasteiger partial charge on any atom is 0.0391 e. The van der Waals surface area contributed by atoms with Gasteiger partial charge in [0.15, 0.2) is 0 Å². The van der Waals surface area contributed by atoms with Crippen molar-refractivity contribution in [2.24, 2.45) is 10.4 Å². The van der Waals surface area contributed by atoms with Gasteiger partial charge in [-0.2, -0.15) is 0 Å². The molecule has 1 aliphatic carbocycles. The summed E-state index contributed by atoms with van der Waals surface area (Å²) in [5, 5.41) is 0. The summed E-state index contributed by atoms with van der Waals surface area (Å²) in [4.78, 5) is 4.53. The third-order valence-corrected chi connectivity index (χ3v) is 2.27. The van der Waals surface area contributed by atoms with E-state index >= 15 is 0 Å². The average Bonchev–Trinajstić information content (AvgIpc) is 1.94. The maximum atomic E-state index is 4.53. The van der Waals surface area contributed by atoms with E-state index in [4.69, 9.17) is 0 Å². The molecule has 68 valence electrons. The van der Waals surface area contributed by atoms with Crippen molar-refractivity contribution in [3.05, 3.63) is 12.7 Å². The van der Waals surface area contributed by atoms with Gasteiger partial charge in [-0.05, 0) is 31.1 Å². The molecule has 1 aliphatic rings. The summed E-state index contributed by atoms with van der Waals surface area (Å²) in [6.07, 6.45) is 6.64. The van der Waals surface area contributed by atoms with E-state index in [0.717, 1.165) is 19.4 Å². The molecular weight excluding hydrogens is 146 g/mol. The average molecular weight is 165 g/mol. The van der Waals surface area contributed by atoms with Gasteiger partial charge in [-0.15, -0.1) is 6.58 Å². The van der Waals surface area contributed by atoms with Gasteiger partial charge in [-0.3, -0.25) is 4.99 Å². The van der Waals surface area contributed by atoms with Crippen LogP contribution in [0.1, 0.15) is 39.5 Å². The first-order valence-corrected chi connectivity index (χ1v) is 4.77. The Labute approximate surface area is 75.6 Å². The number of rotatable bonds is 4. The van der Waals surface area contributed by atoms with E-state index in [1.165, 1.54) is 18.6 Å². The molecular formula is C11H19N. The van der Waals surface area contributed by atoms with Crippen molar-refractivity contribution < 1.29 is 0 Å². The minimum atomic E-state index is 0.539. The van der Waals surface area contributed by atoms with Crippen LogP contribution in [0.4, 0.5) is 0 Å². The quantitative estimate of drug-likeness (QED) is 0.448. The summed E-state index contributed by atoms with van der Waals surface area (Å²) in [5.74, 6) is 0. The van der Waals surface area contributed by atoms with Gasteiger partial charge in [0, 0.05) is 12.3 Å². The molecule has 0 N–H and O–H groups in total. The Morgan fingerprint density at radius 1 is 1.50 bits per heavy atom. The van der Waals surface area contributed by atoms with E-state index in [2.05, 4.69) is 25.4 Å². The number of hydrogen-bond acceptors (Lipinski definition) is 1. The van der Waals surface area contributed by atoms with Crippen molar-refractivity contribution in [3.63, 3.8) is 0 Å². The van der Waals surface area contributed by atoms with Crippen molar-refractivity contribution in [1.82, 2.24) is 0 Å². The SMILES string of the molecule is C=CCCCN=C1CC(C)(C)C1. The lowest BCUT2D eigenvalue weighted by atomic mass is 9.70. The minimum Gasteiger partial charge on any atom is -0.294 e. The van der Waals surface area contributed by atoms with Crippen molar-refractivity contribution in [2.75, 3.05) is 6.54 Å². The molecule has 0 aliphatic heterocycles. The first-order valence-electron chi connectivity index (χ1n) is 4.77. The summed E-state index contributed by atoms with van der Waals surface area (Å²) in [7, 11) is 0. The summed E-state index contributed by atoms with van der Waals surface area (Å²) >= 11 is 0.